The fraction of sp³-hybridized carbons (Fsp3) is 0.357. The smallest absolute Gasteiger partial charge is 0.282 e. The Kier molecular flexibility index (Phi) is 5.06. The summed E-state index contributed by atoms with van der Waals surface area (Å²) in [5.74, 6) is -1.01. The standard InChI is InChI=1S/C14H17N3O6/c15-13(22)11-14(23)17(5-9(19)12(21)10(20)6-18)8-4-2-1-3-7(8)16-11/h1-4,9-10,12,18-21H,5-6H2,(H2,15,22)/t9-,10+,12-/m0/s1. The Hall–Kier alpha value is -2.33. The number of amides is 1. The topological polar surface area (TPSA) is 159 Å². The van der Waals surface area contributed by atoms with Gasteiger partial charge in [0.25, 0.3) is 11.5 Å². The number of fused-ring (bicyclic) bond motifs is 1. The number of nitrogens with two attached hydrogens (primary N) is 1. The Bertz CT molecular complexity index is 775. The van der Waals surface area contributed by atoms with Gasteiger partial charge in [-0.05, 0) is 12.1 Å². The molecule has 0 aliphatic rings. The molecule has 9 nitrogen and oxygen atoms in total. The number of benzene rings is 1. The molecule has 3 atom stereocenters. The maximum absolute atomic E-state index is 12.3. The lowest BCUT2D eigenvalue weighted by atomic mass is 10.1. The van der Waals surface area contributed by atoms with Crippen molar-refractivity contribution in [3.8, 4) is 0 Å². The van der Waals surface area contributed by atoms with Crippen molar-refractivity contribution < 1.29 is 25.2 Å². The van der Waals surface area contributed by atoms with Gasteiger partial charge < -0.3 is 30.7 Å². The Morgan fingerprint density at radius 1 is 1.22 bits per heavy atom. The summed E-state index contributed by atoms with van der Waals surface area (Å²) in [6, 6.07) is 6.39. The number of carbonyl (C=O) groups excluding carboxylic acids is 1. The highest BCUT2D eigenvalue weighted by Gasteiger charge is 2.26. The van der Waals surface area contributed by atoms with Crippen LogP contribution in [0.1, 0.15) is 10.5 Å². The quantitative estimate of drug-likeness (QED) is 0.395. The van der Waals surface area contributed by atoms with E-state index in [0.717, 1.165) is 4.57 Å². The number of aliphatic hydroxyl groups excluding tert-OH is 4. The van der Waals surface area contributed by atoms with E-state index in [4.69, 9.17) is 10.8 Å². The second kappa shape index (κ2) is 6.84. The van der Waals surface area contributed by atoms with Gasteiger partial charge in [-0.1, -0.05) is 12.1 Å². The maximum Gasteiger partial charge on any atom is 0.282 e. The second-order valence-corrected chi connectivity index (χ2v) is 5.04. The first-order chi connectivity index (χ1) is 10.9. The molecule has 0 aliphatic heterocycles. The Morgan fingerprint density at radius 3 is 2.48 bits per heavy atom. The highest BCUT2D eigenvalue weighted by Crippen LogP contribution is 2.12. The van der Waals surface area contributed by atoms with E-state index in [-0.39, 0.29) is 0 Å². The van der Waals surface area contributed by atoms with Gasteiger partial charge in [0.15, 0.2) is 5.69 Å². The van der Waals surface area contributed by atoms with Crippen molar-refractivity contribution in [3.63, 3.8) is 0 Å². The number of primary amides is 1. The van der Waals surface area contributed by atoms with Crippen LogP contribution in [0.5, 0.6) is 0 Å². The van der Waals surface area contributed by atoms with Crippen molar-refractivity contribution in [3.05, 3.63) is 40.3 Å². The number of aliphatic hydroxyl groups is 4. The summed E-state index contributed by atoms with van der Waals surface area (Å²) in [7, 11) is 0. The lowest BCUT2D eigenvalue weighted by molar-refractivity contribution is -0.0805. The Morgan fingerprint density at radius 2 is 1.87 bits per heavy atom. The fourth-order valence-electron chi connectivity index (χ4n) is 2.19. The number of nitrogens with zero attached hydrogens (tertiary/aromatic N) is 2. The molecular formula is C14H17N3O6. The molecule has 0 spiro atoms. The summed E-state index contributed by atoms with van der Waals surface area (Å²) in [5, 5.41) is 37.8. The van der Waals surface area contributed by atoms with E-state index in [2.05, 4.69) is 4.98 Å². The molecule has 2 rings (SSSR count). The van der Waals surface area contributed by atoms with Gasteiger partial charge in [0, 0.05) is 0 Å². The van der Waals surface area contributed by atoms with E-state index >= 15 is 0 Å². The summed E-state index contributed by atoms with van der Waals surface area (Å²) in [5.41, 5.74) is 4.46. The molecule has 1 aromatic carbocycles. The molecule has 0 bridgehead atoms. The van der Waals surface area contributed by atoms with Gasteiger partial charge >= 0.3 is 0 Å². The average Bonchev–Trinajstić information content (AvgIpc) is 2.55. The summed E-state index contributed by atoms with van der Waals surface area (Å²) in [6.07, 6.45) is -4.79. The maximum atomic E-state index is 12.3. The number of rotatable bonds is 6. The molecule has 23 heavy (non-hydrogen) atoms. The van der Waals surface area contributed by atoms with Crippen molar-refractivity contribution in [1.29, 1.82) is 0 Å². The largest absolute Gasteiger partial charge is 0.394 e. The molecule has 0 aliphatic carbocycles. The lowest BCUT2D eigenvalue weighted by Gasteiger charge is -2.23. The van der Waals surface area contributed by atoms with Gasteiger partial charge in [0.05, 0.1) is 24.2 Å². The van der Waals surface area contributed by atoms with Crippen molar-refractivity contribution in [2.75, 3.05) is 6.61 Å². The molecule has 2 aromatic rings. The second-order valence-electron chi connectivity index (χ2n) is 5.04. The highest BCUT2D eigenvalue weighted by atomic mass is 16.4. The predicted molar refractivity (Wildman–Crippen MR) is 79.6 cm³/mol. The van der Waals surface area contributed by atoms with Crippen LogP contribution in [0.25, 0.3) is 11.0 Å². The summed E-state index contributed by atoms with van der Waals surface area (Å²) >= 11 is 0. The van der Waals surface area contributed by atoms with Crippen LogP contribution in [0.2, 0.25) is 0 Å². The third kappa shape index (κ3) is 3.37. The van der Waals surface area contributed by atoms with Crippen molar-refractivity contribution in [2.24, 2.45) is 5.73 Å². The van der Waals surface area contributed by atoms with E-state index < -0.39 is 48.6 Å². The van der Waals surface area contributed by atoms with Gasteiger partial charge in [0.1, 0.15) is 18.3 Å². The van der Waals surface area contributed by atoms with Gasteiger partial charge in [-0.3, -0.25) is 9.59 Å². The highest BCUT2D eigenvalue weighted by molar-refractivity contribution is 5.92. The van der Waals surface area contributed by atoms with E-state index in [0.29, 0.717) is 11.0 Å². The van der Waals surface area contributed by atoms with E-state index in [1.54, 1.807) is 24.3 Å². The first kappa shape index (κ1) is 17.0. The van der Waals surface area contributed by atoms with Crippen LogP contribution in [-0.2, 0) is 6.54 Å². The molecule has 0 unspecified atom stereocenters. The van der Waals surface area contributed by atoms with Crippen LogP contribution in [0.4, 0.5) is 0 Å². The van der Waals surface area contributed by atoms with Gasteiger partial charge in [-0.25, -0.2) is 4.98 Å². The molecule has 0 fully saturated rings. The molecule has 124 valence electrons. The third-order valence-corrected chi connectivity index (χ3v) is 3.43. The fourth-order valence-corrected chi connectivity index (χ4v) is 2.19. The van der Waals surface area contributed by atoms with Crippen LogP contribution >= 0.6 is 0 Å². The minimum absolute atomic E-state index is 0.310. The number of hydrogen-bond donors (Lipinski definition) is 5. The summed E-state index contributed by atoms with van der Waals surface area (Å²) in [6.45, 7) is -1.17. The van der Waals surface area contributed by atoms with Crippen LogP contribution in [0.3, 0.4) is 0 Å². The average molecular weight is 323 g/mol. The molecule has 1 aromatic heterocycles. The van der Waals surface area contributed by atoms with E-state index in [1.807, 2.05) is 0 Å². The minimum Gasteiger partial charge on any atom is -0.394 e. The molecule has 1 amide bonds. The molecule has 6 N–H and O–H groups in total. The molecule has 0 radical (unpaired) electrons. The molecule has 0 saturated heterocycles. The molecule has 9 heteroatoms. The van der Waals surface area contributed by atoms with Gasteiger partial charge in [-0.2, -0.15) is 0 Å². The van der Waals surface area contributed by atoms with Crippen LogP contribution in [-0.4, -0.2) is 60.8 Å². The van der Waals surface area contributed by atoms with Crippen molar-refractivity contribution in [2.45, 2.75) is 24.9 Å². The normalized spacial score (nSPS) is 15.3. The predicted octanol–water partition coefficient (Wildman–Crippen LogP) is -2.43. The molecule has 1 heterocycles. The molecular weight excluding hydrogens is 306 g/mol. The van der Waals surface area contributed by atoms with Gasteiger partial charge in [-0.15, -0.1) is 0 Å². The zero-order chi connectivity index (χ0) is 17.1. The number of aromatic nitrogens is 2. The number of hydrogen-bond acceptors (Lipinski definition) is 7. The summed E-state index contributed by atoms with van der Waals surface area (Å²) < 4.78 is 1.04. The monoisotopic (exact) mass is 323 g/mol. The SMILES string of the molecule is NC(=O)c1nc2ccccc2n(C[C@H](O)[C@H](O)[C@H](O)CO)c1=O. The first-order valence-corrected chi connectivity index (χ1v) is 6.81. The first-order valence-electron chi connectivity index (χ1n) is 6.81. The van der Waals surface area contributed by atoms with Crippen LogP contribution in [0, 0.1) is 0 Å². The van der Waals surface area contributed by atoms with Crippen molar-refractivity contribution in [1.82, 2.24) is 9.55 Å². The lowest BCUT2D eigenvalue weighted by Crippen LogP contribution is -2.44. The Labute approximate surface area is 130 Å². The van der Waals surface area contributed by atoms with Crippen LogP contribution in [0.15, 0.2) is 29.1 Å². The third-order valence-electron chi connectivity index (χ3n) is 3.43. The Balaban J connectivity index is 2.52. The summed E-state index contributed by atoms with van der Waals surface area (Å²) in [4.78, 5) is 27.6. The van der Waals surface area contributed by atoms with E-state index in [9.17, 15) is 24.9 Å². The van der Waals surface area contributed by atoms with Crippen molar-refractivity contribution >= 4 is 16.9 Å². The van der Waals surface area contributed by atoms with Crippen LogP contribution < -0.4 is 11.3 Å². The zero-order valence-electron chi connectivity index (χ0n) is 12.0. The molecule has 0 saturated carbocycles. The van der Waals surface area contributed by atoms with Gasteiger partial charge in [0.2, 0.25) is 0 Å². The van der Waals surface area contributed by atoms with E-state index in [1.165, 1.54) is 0 Å². The number of para-hydroxylation sites is 2. The zero-order valence-corrected chi connectivity index (χ0v) is 12.0. The minimum atomic E-state index is -1.67. The number of carbonyl (C=O) groups is 1.